The van der Waals surface area contributed by atoms with Crippen LogP contribution < -0.4 is 4.74 Å². The first-order valence-corrected chi connectivity index (χ1v) is 4.99. The Morgan fingerprint density at radius 1 is 1.53 bits per heavy atom. The molecule has 0 heterocycles. The van der Waals surface area contributed by atoms with E-state index in [9.17, 15) is 5.11 Å². The lowest BCUT2D eigenvalue weighted by molar-refractivity contribution is 0.401. The van der Waals surface area contributed by atoms with Crippen LogP contribution in [0.2, 0.25) is 5.02 Å². The maximum Gasteiger partial charge on any atom is 0.146 e. The van der Waals surface area contributed by atoms with Gasteiger partial charge in [-0.15, -0.1) is 0 Å². The molecule has 4 heteroatoms. The van der Waals surface area contributed by atoms with Crippen LogP contribution in [0.1, 0.15) is 18.4 Å². The van der Waals surface area contributed by atoms with Gasteiger partial charge >= 0.3 is 0 Å². The summed E-state index contributed by atoms with van der Waals surface area (Å²) in [5, 5.41) is 18.7. The van der Waals surface area contributed by atoms with Crippen LogP contribution >= 0.6 is 11.6 Å². The first kappa shape index (κ1) is 10.1. The second-order valence-electron chi connectivity index (χ2n) is 3.67. The minimum absolute atomic E-state index is 0.0222. The average Bonchev–Trinajstić information content (AvgIpc) is 3.02. The Morgan fingerprint density at radius 3 is 2.67 bits per heavy atom. The first-order valence-electron chi connectivity index (χ1n) is 4.62. The fraction of sp³-hybridized carbons (Fsp3) is 0.364. The Kier molecular flexibility index (Phi) is 2.24. The monoisotopic (exact) mass is 223 g/mol. The van der Waals surface area contributed by atoms with Crippen LogP contribution in [-0.2, 0) is 5.41 Å². The second kappa shape index (κ2) is 3.32. The van der Waals surface area contributed by atoms with Gasteiger partial charge in [0.25, 0.3) is 0 Å². The van der Waals surface area contributed by atoms with Crippen molar-refractivity contribution in [3.05, 3.63) is 22.7 Å². The number of nitriles is 1. The molecule has 1 fully saturated rings. The summed E-state index contributed by atoms with van der Waals surface area (Å²) in [7, 11) is 1.48. The summed E-state index contributed by atoms with van der Waals surface area (Å²) in [5.74, 6) is 0.390. The lowest BCUT2D eigenvalue weighted by Crippen LogP contribution is -2.05. The molecule has 1 aromatic rings. The Bertz CT molecular complexity index is 447. The number of methoxy groups -OCH3 is 1. The number of hydrogen-bond donors (Lipinski definition) is 1. The van der Waals surface area contributed by atoms with Crippen LogP contribution in [0.4, 0.5) is 0 Å². The third-order valence-electron chi connectivity index (χ3n) is 2.76. The van der Waals surface area contributed by atoms with Crippen LogP contribution in [0.15, 0.2) is 12.1 Å². The van der Waals surface area contributed by atoms with Crippen molar-refractivity contribution in [1.82, 2.24) is 0 Å². The highest BCUT2D eigenvalue weighted by atomic mass is 35.5. The Morgan fingerprint density at radius 2 is 2.20 bits per heavy atom. The minimum Gasteiger partial charge on any atom is -0.506 e. The van der Waals surface area contributed by atoms with Crippen molar-refractivity contribution in [2.24, 2.45) is 0 Å². The van der Waals surface area contributed by atoms with Gasteiger partial charge in [-0.25, -0.2) is 0 Å². The van der Waals surface area contributed by atoms with Gasteiger partial charge in [-0.2, -0.15) is 5.26 Å². The van der Waals surface area contributed by atoms with E-state index >= 15 is 0 Å². The quantitative estimate of drug-likeness (QED) is 0.839. The lowest BCUT2D eigenvalue weighted by Gasteiger charge is -2.14. The zero-order valence-corrected chi connectivity index (χ0v) is 9.01. The number of phenolic OH excluding ortho intramolecular Hbond substituents is 1. The van der Waals surface area contributed by atoms with Crippen molar-refractivity contribution in [3.8, 4) is 17.6 Å². The summed E-state index contributed by atoms with van der Waals surface area (Å²) in [6, 6.07) is 5.47. The van der Waals surface area contributed by atoms with E-state index in [0.29, 0.717) is 5.75 Å². The predicted molar refractivity (Wildman–Crippen MR) is 56.2 cm³/mol. The molecule has 78 valence electrons. The normalized spacial score (nSPS) is 16.9. The van der Waals surface area contributed by atoms with Crippen LogP contribution in [0.25, 0.3) is 0 Å². The standard InChI is InChI=1S/C11H10ClNO2/c1-15-10-7(11(6-13)4-5-11)2-3-8(14)9(10)12/h2-3,14H,4-5H2,1H3. The summed E-state index contributed by atoms with van der Waals surface area (Å²) in [6.07, 6.45) is 1.64. The number of hydrogen-bond acceptors (Lipinski definition) is 3. The first-order chi connectivity index (χ1) is 7.14. The maximum absolute atomic E-state index is 9.42. The molecule has 2 rings (SSSR count). The van der Waals surface area contributed by atoms with Crippen LogP contribution in [0.3, 0.4) is 0 Å². The van der Waals surface area contributed by atoms with Gasteiger partial charge in [-0.05, 0) is 25.0 Å². The molecular formula is C11H10ClNO2. The maximum atomic E-state index is 9.42. The van der Waals surface area contributed by atoms with Crippen molar-refractivity contribution in [2.75, 3.05) is 7.11 Å². The third kappa shape index (κ3) is 1.42. The highest BCUT2D eigenvalue weighted by Crippen LogP contribution is 2.53. The van der Waals surface area contributed by atoms with Gasteiger partial charge in [0.05, 0.1) is 18.6 Å². The molecular weight excluding hydrogens is 214 g/mol. The number of nitrogens with zero attached hydrogens (tertiary/aromatic N) is 1. The number of phenols is 1. The molecule has 1 saturated carbocycles. The van der Waals surface area contributed by atoms with Gasteiger partial charge in [0.2, 0.25) is 0 Å². The highest BCUT2D eigenvalue weighted by Gasteiger charge is 2.47. The van der Waals surface area contributed by atoms with E-state index in [4.69, 9.17) is 21.6 Å². The molecule has 0 bridgehead atoms. The van der Waals surface area contributed by atoms with Crippen LogP contribution in [0.5, 0.6) is 11.5 Å². The summed E-state index contributed by atoms with van der Waals surface area (Å²) < 4.78 is 5.14. The van der Waals surface area contributed by atoms with Crippen molar-refractivity contribution in [1.29, 1.82) is 5.26 Å². The van der Waals surface area contributed by atoms with Gasteiger partial charge in [0, 0.05) is 5.56 Å². The summed E-state index contributed by atoms with van der Waals surface area (Å²) in [5.41, 5.74) is 0.318. The molecule has 0 atom stereocenters. The largest absolute Gasteiger partial charge is 0.506 e. The van der Waals surface area contributed by atoms with Crippen LogP contribution in [0, 0.1) is 11.3 Å². The fourth-order valence-electron chi connectivity index (χ4n) is 1.69. The van der Waals surface area contributed by atoms with E-state index in [1.165, 1.54) is 13.2 Å². The molecule has 0 aromatic heterocycles. The van der Waals surface area contributed by atoms with E-state index in [1.807, 2.05) is 0 Å². The number of aromatic hydroxyl groups is 1. The SMILES string of the molecule is COc1c(C2(C#N)CC2)ccc(O)c1Cl. The van der Waals surface area contributed by atoms with E-state index in [1.54, 1.807) is 6.07 Å². The number of halogens is 1. The summed E-state index contributed by atoms with van der Waals surface area (Å²) in [6.45, 7) is 0. The zero-order valence-electron chi connectivity index (χ0n) is 8.25. The van der Waals surface area contributed by atoms with Gasteiger partial charge in [0.1, 0.15) is 16.5 Å². The summed E-state index contributed by atoms with van der Waals surface area (Å²) in [4.78, 5) is 0. The molecule has 0 aliphatic heterocycles. The fourth-order valence-corrected chi connectivity index (χ4v) is 1.93. The Labute approximate surface area is 92.9 Å². The minimum atomic E-state index is -0.456. The van der Waals surface area contributed by atoms with Crippen molar-refractivity contribution < 1.29 is 9.84 Å². The molecule has 0 amide bonds. The van der Waals surface area contributed by atoms with Gasteiger partial charge in [-0.3, -0.25) is 0 Å². The van der Waals surface area contributed by atoms with Crippen LogP contribution in [-0.4, -0.2) is 12.2 Å². The average molecular weight is 224 g/mol. The molecule has 1 aliphatic carbocycles. The molecule has 1 N–H and O–H groups in total. The Hall–Kier alpha value is -1.40. The van der Waals surface area contributed by atoms with Crippen molar-refractivity contribution >= 4 is 11.6 Å². The number of benzene rings is 1. The van der Waals surface area contributed by atoms with Gasteiger partial charge in [-0.1, -0.05) is 11.6 Å². The van der Waals surface area contributed by atoms with Gasteiger partial charge in [0.15, 0.2) is 0 Å². The molecule has 0 unspecified atom stereocenters. The predicted octanol–water partition coefficient (Wildman–Crippen LogP) is 2.61. The molecule has 0 spiro atoms. The topological polar surface area (TPSA) is 53.2 Å². The molecule has 0 saturated heterocycles. The zero-order chi connectivity index (χ0) is 11.1. The molecule has 3 nitrogen and oxygen atoms in total. The third-order valence-corrected chi connectivity index (χ3v) is 3.13. The number of ether oxygens (including phenoxy) is 1. The summed E-state index contributed by atoms with van der Waals surface area (Å²) >= 11 is 5.90. The smallest absolute Gasteiger partial charge is 0.146 e. The second-order valence-corrected chi connectivity index (χ2v) is 4.05. The van der Waals surface area contributed by atoms with Crippen molar-refractivity contribution in [2.45, 2.75) is 18.3 Å². The highest BCUT2D eigenvalue weighted by molar-refractivity contribution is 6.33. The molecule has 15 heavy (non-hydrogen) atoms. The van der Waals surface area contributed by atoms with Gasteiger partial charge < -0.3 is 9.84 Å². The molecule has 1 aliphatic rings. The Balaban J connectivity index is 2.59. The van der Waals surface area contributed by atoms with Crippen molar-refractivity contribution in [3.63, 3.8) is 0 Å². The van der Waals surface area contributed by atoms with E-state index in [-0.39, 0.29) is 10.8 Å². The van der Waals surface area contributed by atoms with E-state index in [2.05, 4.69) is 6.07 Å². The van der Waals surface area contributed by atoms with E-state index in [0.717, 1.165) is 18.4 Å². The van der Waals surface area contributed by atoms with E-state index < -0.39 is 5.41 Å². The number of rotatable bonds is 2. The molecule has 0 radical (unpaired) electrons. The molecule has 1 aromatic carbocycles. The lowest BCUT2D eigenvalue weighted by atomic mass is 9.96.